The van der Waals surface area contributed by atoms with Crippen LogP contribution in [0, 0.1) is 0 Å². The molecule has 0 saturated heterocycles. The summed E-state index contributed by atoms with van der Waals surface area (Å²) in [5.74, 6) is 0. The summed E-state index contributed by atoms with van der Waals surface area (Å²) in [7, 11) is 0. The third-order valence-corrected chi connectivity index (χ3v) is 12.0. The fraction of sp³-hybridized carbons (Fsp3) is 0. The van der Waals surface area contributed by atoms with E-state index in [0.717, 1.165) is 66.9 Å². The molecule has 0 aliphatic rings. The minimum absolute atomic E-state index is 0.885. The molecule has 0 N–H and O–H groups in total. The SMILES string of the molecule is c1ccc(N(c2ccc3c(ccc4ccccc43)c2)c2ccccc2-c2cccc3c2oc2ccccc23)c(-c2ccccc2-n2c3ccccc3c3ccccc32)c1. The molecular weight excluding hydrogens is 717 g/mol. The maximum Gasteiger partial charge on any atom is 0.143 e. The van der Waals surface area contributed by atoms with E-state index in [2.05, 4.69) is 222 Å². The lowest BCUT2D eigenvalue weighted by atomic mass is 9.96. The minimum atomic E-state index is 0.885. The Hall–Kier alpha value is -7.88. The first-order valence-corrected chi connectivity index (χ1v) is 20.2. The maximum atomic E-state index is 6.68. The number of aromatic nitrogens is 1. The van der Waals surface area contributed by atoms with E-state index in [0.29, 0.717) is 0 Å². The van der Waals surface area contributed by atoms with Gasteiger partial charge in [0.2, 0.25) is 0 Å². The Labute approximate surface area is 341 Å². The highest BCUT2D eigenvalue weighted by atomic mass is 16.3. The number of hydrogen-bond acceptors (Lipinski definition) is 2. The van der Waals surface area contributed by atoms with Crippen molar-refractivity contribution in [3.05, 3.63) is 218 Å². The normalized spacial score (nSPS) is 11.7. The fourth-order valence-corrected chi connectivity index (χ4v) is 9.38. The fourth-order valence-electron chi connectivity index (χ4n) is 9.38. The number of fused-ring (bicyclic) bond motifs is 9. The van der Waals surface area contributed by atoms with Crippen LogP contribution in [0.1, 0.15) is 0 Å². The first kappa shape index (κ1) is 33.3. The smallest absolute Gasteiger partial charge is 0.143 e. The quantitative estimate of drug-likeness (QED) is 0.158. The molecule has 2 aromatic heterocycles. The number of hydrogen-bond donors (Lipinski definition) is 0. The van der Waals surface area contributed by atoms with E-state index in [-0.39, 0.29) is 0 Å². The molecule has 12 aromatic rings. The van der Waals surface area contributed by atoms with Gasteiger partial charge in [0.15, 0.2) is 0 Å². The number of nitrogens with zero attached hydrogens (tertiary/aromatic N) is 2. The van der Waals surface area contributed by atoms with Crippen molar-refractivity contribution in [1.82, 2.24) is 4.57 Å². The summed E-state index contributed by atoms with van der Waals surface area (Å²) in [6.07, 6.45) is 0. The number of anilines is 3. The van der Waals surface area contributed by atoms with Crippen molar-refractivity contribution in [2.24, 2.45) is 0 Å². The van der Waals surface area contributed by atoms with Crippen LogP contribution in [0.2, 0.25) is 0 Å². The van der Waals surface area contributed by atoms with Gasteiger partial charge < -0.3 is 13.9 Å². The number of rotatable bonds is 6. The molecule has 0 amide bonds. The summed E-state index contributed by atoms with van der Waals surface area (Å²) in [6.45, 7) is 0. The summed E-state index contributed by atoms with van der Waals surface area (Å²) in [5, 5.41) is 9.62. The van der Waals surface area contributed by atoms with E-state index in [4.69, 9.17) is 4.42 Å². The van der Waals surface area contributed by atoms with Gasteiger partial charge in [0.1, 0.15) is 11.2 Å². The lowest BCUT2D eigenvalue weighted by molar-refractivity contribution is 0.670. The van der Waals surface area contributed by atoms with Crippen molar-refractivity contribution >= 4 is 82.4 Å². The summed E-state index contributed by atoms with van der Waals surface area (Å²) in [5.41, 5.74) is 12.9. The Morgan fingerprint density at radius 2 is 0.864 bits per heavy atom. The molecule has 0 aliphatic carbocycles. The van der Waals surface area contributed by atoms with Crippen molar-refractivity contribution in [2.45, 2.75) is 0 Å². The van der Waals surface area contributed by atoms with Crippen LogP contribution >= 0.6 is 0 Å². The highest BCUT2D eigenvalue weighted by molar-refractivity contribution is 6.13. The zero-order valence-corrected chi connectivity index (χ0v) is 32.1. The number of benzene rings is 10. The summed E-state index contributed by atoms with van der Waals surface area (Å²) >= 11 is 0. The monoisotopic (exact) mass is 752 g/mol. The molecule has 0 saturated carbocycles. The van der Waals surface area contributed by atoms with Gasteiger partial charge in [-0.2, -0.15) is 0 Å². The largest absolute Gasteiger partial charge is 0.455 e. The van der Waals surface area contributed by atoms with Crippen molar-refractivity contribution in [3.63, 3.8) is 0 Å². The Morgan fingerprint density at radius 3 is 1.63 bits per heavy atom. The van der Waals surface area contributed by atoms with Crippen LogP contribution in [-0.4, -0.2) is 4.57 Å². The van der Waals surface area contributed by atoms with Crippen LogP contribution in [0.5, 0.6) is 0 Å². The molecule has 3 nitrogen and oxygen atoms in total. The van der Waals surface area contributed by atoms with Crippen LogP contribution in [0.15, 0.2) is 223 Å². The molecule has 0 unspecified atom stereocenters. The second kappa shape index (κ2) is 13.4. The highest BCUT2D eigenvalue weighted by Gasteiger charge is 2.24. The molecule has 0 aliphatic heterocycles. The third-order valence-electron chi connectivity index (χ3n) is 12.0. The van der Waals surface area contributed by atoms with Gasteiger partial charge in [-0.15, -0.1) is 0 Å². The molecule has 0 atom stereocenters. The first-order chi connectivity index (χ1) is 29.3. The molecule has 3 heteroatoms. The van der Waals surface area contributed by atoms with Crippen molar-refractivity contribution in [1.29, 1.82) is 0 Å². The third kappa shape index (κ3) is 5.22. The number of furan rings is 1. The Bertz CT molecular complexity index is 3540. The summed E-state index contributed by atoms with van der Waals surface area (Å²) < 4.78 is 9.11. The Balaban J connectivity index is 1.14. The second-order valence-corrected chi connectivity index (χ2v) is 15.2. The first-order valence-electron chi connectivity index (χ1n) is 20.2. The van der Waals surface area contributed by atoms with Crippen LogP contribution in [0.3, 0.4) is 0 Å². The lowest BCUT2D eigenvalue weighted by Crippen LogP contribution is -2.13. The van der Waals surface area contributed by atoms with Crippen molar-refractivity contribution in [3.8, 4) is 27.9 Å². The molecular formula is C56H36N2O. The van der Waals surface area contributed by atoms with Crippen molar-refractivity contribution < 1.29 is 4.42 Å². The van der Waals surface area contributed by atoms with Gasteiger partial charge in [0.05, 0.1) is 28.1 Å². The van der Waals surface area contributed by atoms with E-state index in [1.807, 2.05) is 6.07 Å². The number of para-hydroxylation sites is 7. The molecule has 0 bridgehead atoms. The van der Waals surface area contributed by atoms with Gasteiger partial charge in [0.25, 0.3) is 0 Å². The minimum Gasteiger partial charge on any atom is -0.455 e. The van der Waals surface area contributed by atoms with Crippen LogP contribution in [0.25, 0.3) is 93.2 Å². The average molecular weight is 753 g/mol. The predicted molar refractivity (Wildman–Crippen MR) is 249 cm³/mol. The van der Waals surface area contributed by atoms with Gasteiger partial charge in [-0.25, -0.2) is 0 Å². The van der Waals surface area contributed by atoms with Crippen LogP contribution in [-0.2, 0) is 0 Å². The summed E-state index contributed by atoms with van der Waals surface area (Å²) in [6, 6.07) is 78.8. The average Bonchev–Trinajstić information content (AvgIpc) is 3.86. The molecule has 10 aromatic carbocycles. The zero-order valence-electron chi connectivity index (χ0n) is 32.1. The lowest BCUT2D eigenvalue weighted by Gasteiger charge is -2.30. The molecule has 12 rings (SSSR count). The molecule has 0 fully saturated rings. The van der Waals surface area contributed by atoms with Gasteiger partial charge in [-0.05, 0) is 70.1 Å². The zero-order chi connectivity index (χ0) is 38.9. The molecule has 0 radical (unpaired) electrons. The molecule has 276 valence electrons. The van der Waals surface area contributed by atoms with E-state index >= 15 is 0 Å². The van der Waals surface area contributed by atoms with E-state index in [1.54, 1.807) is 0 Å². The molecule has 2 heterocycles. The van der Waals surface area contributed by atoms with Crippen molar-refractivity contribution in [2.75, 3.05) is 4.90 Å². The van der Waals surface area contributed by atoms with Gasteiger partial charge in [0, 0.05) is 49.5 Å². The van der Waals surface area contributed by atoms with Gasteiger partial charge in [-0.3, -0.25) is 0 Å². The summed E-state index contributed by atoms with van der Waals surface area (Å²) in [4.78, 5) is 2.45. The predicted octanol–water partition coefficient (Wildman–Crippen LogP) is 15.8. The maximum absolute atomic E-state index is 6.68. The van der Waals surface area contributed by atoms with E-state index in [9.17, 15) is 0 Å². The topological polar surface area (TPSA) is 21.3 Å². The Morgan fingerprint density at radius 1 is 0.339 bits per heavy atom. The molecule has 0 spiro atoms. The van der Waals surface area contributed by atoms with E-state index < -0.39 is 0 Å². The van der Waals surface area contributed by atoms with Crippen LogP contribution < -0.4 is 4.90 Å². The highest BCUT2D eigenvalue weighted by Crippen LogP contribution is 2.48. The van der Waals surface area contributed by atoms with Crippen LogP contribution in [0.4, 0.5) is 17.1 Å². The van der Waals surface area contributed by atoms with E-state index in [1.165, 1.54) is 43.4 Å². The Kier molecular flexibility index (Phi) is 7.54. The molecule has 59 heavy (non-hydrogen) atoms. The second-order valence-electron chi connectivity index (χ2n) is 15.2. The van der Waals surface area contributed by atoms with Gasteiger partial charge in [-0.1, -0.05) is 170 Å². The van der Waals surface area contributed by atoms with Gasteiger partial charge >= 0.3 is 0 Å². The standard InChI is InChI=1S/C56H36N2O/c1-2-17-40-37(16-1)32-33-38-36-39(34-35-41(38)40)57(51-27-10-7-22-46(51)48-24-15-25-49-47-23-8-14-31-55(47)59-56(48)49)50-26-9-3-18-42(50)43-19-4-11-28-52(43)58-53-29-12-5-20-44(53)45-21-6-13-30-54(45)58/h1-36H.